The third-order valence-corrected chi connectivity index (χ3v) is 10.5. The van der Waals surface area contributed by atoms with Crippen molar-refractivity contribution >= 4 is 20.1 Å². The van der Waals surface area contributed by atoms with Crippen LogP contribution in [0.2, 0.25) is 0 Å². The fraction of sp³-hybridized carbons (Fsp3) is 0.200. The molecular weight excluding hydrogens is 548 g/mol. The Kier molecular flexibility index (Phi) is 6.87. The van der Waals surface area contributed by atoms with E-state index in [1.807, 2.05) is 12.1 Å². The summed E-state index contributed by atoms with van der Waals surface area (Å²) in [6, 6.07) is 29.2. The van der Waals surface area contributed by atoms with E-state index in [1.54, 1.807) is 60.7 Å². The van der Waals surface area contributed by atoms with Crippen LogP contribution in [0.3, 0.4) is 0 Å². The topological polar surface area (TPSA) is 93.2 Å². The molecule has 1 fully saturated rings. The molecule has 0 saturated carbocycles. The second-order valence-corrected chi connectivity index (χ2v) is 13.2. The molecule has 4 aromatic carbocycles. The van der Waals surface area contributed by atoms with Crippen LogP contribution in [0, 0.1) is 0 Å². The van der Waals surface area contributed by atoms with Gasteiger partial charge in [0.15, 0.2) is 11.5 Å². The van der Waals surface area contributed by atoms with Crippen LogP contribution >= 0.6 is 0 Å². The van der Waals surface area contributed by atoms with E-state index in [2.05, 4.69) is 17.0 Å². The molecule has 40 heavy (non-hydrogen) atoms. The molecule has 2 aliphatic rings. The van der Waals surface area contributed by atoms with Gasteiger partial charge in [0, 0.05) is 13.1 Å². The third kappa shape index (κ3) is 4.66. The van der Waals surface area contributed by atoms with Crippen LogP contribution in [0.25, 0.3) is 0 Å². The highest BCUT2D eigenvalue weighted by Gasteiger charge is 2.48. The Morgan fingerprint density at radius 3 is 2.10 bits per heavy atom. The fourth-order valence-electron chi connectivity index (χ4n) is 5.58. The van der Waals surface area contributed by atoms with Crippen molar-refractivity contribution in [2.75, 3.05) is 20.2 Å². The van der Waals surface area contributed by atoms with E-state index in [0.29, 0.717) is 12.1 Å². The van der Waals surface area contributed by atoms with E-state index in [0.717, 1.165) is 12.0 Å². The number of rotatable bonds is 7. The van der Waals surface area contributed by atoms with Gasteiger partial charge in [-0.2, -0.15) is 12.7 Å². The number of hydrogen-bond acceptors (Lipinski definition) is 7. The molecule has 2 atom stereocenters. The van der Waals surface area contributed by atoms with Gasteiger partial charge in [0.2, 0.25) is 10.0 Å². The van der Waals surface area contributed by atoms with Crippen LogP contribution in [-0.4, -0.2) is 46.2 Å². The Morgan fingerprint density at radius 2 is 1.40 bits per heavy atom. The number of nitrogens with zero attached hydrogens (tertiary/aromatic N) is 2. The molecule has 2 aliphatic heterocycles. The van der Waals surface area contributed by atoms with Crippen molar-refractivity contribution in [1.29, 1.82) is 0 Å². The highest BCUT2D eigenvalue weighted by molar-refractivity contribution is 7.89. The SMILES string of the molecule is COc1cc([C@H]2N3CCc4ccccc4[C@@H]3CN2S(=O)(=O)c2ccccc2)ccc1OS(=O)(=O)c1ccccc1. The van der Waals surface area contributed by atoms with E-state index < -0.39 is 26.3 Å². The fourth-order valence-corrected chi connectivity index (χ4v) is 8.16. The first-order chi connectivity index (χ1) is 19.3. The van der Waals surface area contributed by atoms with Crippen molar-refractivity contribution in [3.05, 3.63) is 120 Å². The second kappa shape index (κ2) is 10.4. The quantitative estimate of drug-likeness (QED) is 0.293. The predicted octanol–water partition coefficient (Wildman–Crippen LogP) is 4.77. The molecule has 6 rings (SSSR count). The highest BCUT2D eigenvalue weighted by atomic mass is 32.2. The van der Waals surface area contributed by atoms with E-state index in [9.17, 15) is 16.8 Å². The summed E-state index contributed by atoms with van der Waals surface area (Å²) in [5, 5.41) is 0. The van der Waals surface area contributed by atoms with Crippen LogP contribution in [0.15, 0.2) is 113 Å². The lowest BCUT2D eigenvalue weighted by atomic mass is 9.93. The number of methoxy groups -OCH3 is 1. The van der Waals surface area contributed by atoms with Gasteiger partial charge in [-0.1, -0.05) is 66.7 Å². The average molecular weight is 577 g/mol. The van der Waals surface area contributed by atoms with Crippen LogP contribution < -0.4 is 8.92 Å². The smallest absolute Gasteiger partial charge is 0.339 e. The lowest BCUT2D eigenvalue weighted by molar-refractivity contribution is 0.154. The molecule has 0 radical (unpaired) electrons. The van der Waals surface area contributed by atoms with E-state index >= 15 is 0 Å². The van der Waals surface area contributed by atoms with Gasteiger partial charge in [-0.05, 0) is 59.5 Å². The normalized spacial score (nSPS) is 19.5. The summed E-state index contributed by atoms with van der Waals surface area (Å²) >= 11 is 0. The van der Waals surface area contributed by atoms with Gasteiger partial charge in [0.1, 0.15) is 11.1 Å². The molecule has 0 aromatic heterocycles. The molecule has 0 bridgehead atoms. The monoisotopic (exact) mass is 576 g/mol. The third-order valence-electron chi connectivity index (χ3n) is 7.46. The van der Waals surface area contributed by atoms with Crippen molar-refractivity contribution in [1.82, 2.24) is 9.21 Å². The van der Waals surface area contributed by atoms with Crippen molar-refractivity contribution in [3.8, 4) is 11.5 Å². The highest BCUT2D eigenvalue weighted by Crippen LogP contribution is 2.47. The van der Waals surface area contributed by atoms with Gasteiger partial charge in [0.05, 0.1) is 18.0 Å². The molecule has 4 aromatic rings. The molecule has 0 N–H and O–H groups in total. The first-order valence-corrected chi connectivity index (χ1v) is 15.7. The summed E-state index contributed by atoms with van der Waals surface area (Å²) in [6.45, 7) is 0.942. The van der Waals surface area contributed by atoms with E-state index in [-0.39, 0.29) is 33.9 Å². The van der Waals surface area contributed by atoms with Crippen molar-refractivity contribution in [2.24, 2.45) is 0 Å². The zero-order valence-electron chi connectivity index (χ0n) is 21.8. The minimum Gasteiger partial charge on any atom is -0.493 e. The molecular formula is C30H28N2O6S2. The van der Waals surface area contributed by atoms with Crippen molar-refractivity contribution < 1.29 is 25.8 Å². The second-order valence-electron chi connectivity index (χ2n) is 9.72. The first-order valence-electron chi connectivity index (χ1n) is 12.9. The van der Waals surface area contributed by atoms with Crippen molar-refractivity contribution in [2.45, 2.75) is 28.4 Å². The maximum absolute atomic E-state index is 14.0. The van der Waals surface area contributed by atoms with Gasteiger partial charge >= 0.3 is 10.1 Å². The minimum absolute atomic E-state index is 0.0195. The number of sulfonamides is 1. The molecule has 0 unspecified atom stereocenters. The number of ether oxygens (including phenoxy) is 1. The minimum atomic E-state index is -4.10. The van der Waals surface area contributed by atoms with Crippen LogP contribution in [0.5, 0.6) is 11.5 Å². The van der Waals surface area contributed by atoms with Gasteiger partial charge in [0.25, 0.3) is 0 Å². The summed E-state index contributed by atoms with van der Waals surface area (Å²) in [5.74, 6) is 0.209. The average Bonchev–Trinajstić information content (AvgIpc) is 3.39. The van der Waals surface area contributed by atoms with Crippen LogP contribution in [0.1, 0.15) is 28.9 Å². The molecule has 0 spiro atoms. The number of benzene rings is 4. The van der Waals surface area contributed by atoms with Crippen molar-refractivity contribution in [3.63, 3.8) is 0 Å². The number of fused-ring (bicyclic) bond motifs is 3. The molecule has 2 heterocycles. The Labute approximate surface area is 234 Å². The molecule has 1 saturated heterocycles. The summed E-state index contributed by atoms with van der Waals surface area (Å²) in [6.07, 6.45) is 0.160. The van der Waals surface area contributed by atoms with E-state index in [1.165, 1.54) is 35.2 Å². The van der Waals surface area contributed by atoms with Gasteiger partial charge in [-0.3, -0.25) is 4.90 Å². The molecule has 206 valence electrons. The standard InChI is InChI=1S/C30H28N2O6S2/c1-37-29-20-23(16-17-28(29)38-40(35,36)25-13-6-3-7-14-25)30-31-19-18-22-10-8-9-15-26(22)27(31)21-32(30)39(33,34)24-11-4-2-5-12-24/h2-17,20,27,30H,18-19,21H2,1H3/t27-,30-/m0/s1. The summed E-state index contributed by atoms with van der Waals surface area (Å²) in [4.78, 5) is 2.43. The summed E-state index contributed by atoms with van der Waals surface area (Å²) in [7, 11) is -6.54. The molecule has 0 aliphatic carbocycles. The predicted molar refractivity (Wildman–Crippen MR) is 150 cm³/mol. The van der Waals surface area contributed by atoms with E-state index in [4.69, 9.17) is 8.92 Å². The summed E-state index contributed by atoms with van der Waals surface area (Å²) in [5.41, 5.74) is 2.99. The molecule has 10 heteroatoms. The number of hydrogen-bond donors (Lipinski definition) is 0. The lowest BCUT2D eigenvalue weighted by Crippen LogP contribution is -2.37. The molecule has 8 nitrogen and oxygen atoms in total. The Balaban J connectivity index is 1.42. The zero-order valence-corrected chi connectivity index (χ0v) is 23.4. The molecule has 0 amide bonds. The van der Waals surface area contributed by atoms with Crippen LogP contribution in [0.4, 0.5) is 0 Å². The Bertz CT molecular complexity index is 1750. The van der Waals surface area contributed by atoms with Gasteiger partial charge < -0.3 is 8.92 Å². The lowest BCUT2D eigenvalue weighted by Gasteiger charge is -2.36. The van der Waals surface area contributed by atoms with Gasteiger partial charge in [-0.15, -0.1) is 0 Å². The zero-order chi connectivity index (χ0) is 27.9. The Hall–Kier alpha value is -3.70. The van der Waals surface area contributed by atoms with Gasteiger partial charge in [-0.25, -0.2) is 8.42 Å². The maximum Gasteiger partial charge on any atom is 0.339 e. The first kappa shape index (κ1) is 26.5. The summed E-state index contributed by atoms with van der Waals surface area (Å²) < 4.78 is 66.3. The largest absolute Gasteiger partial charge is 0.493 e. The van der Waals surface area contributed by atoms with Crippen LogP contribution in [-0.2, 0) is 26.6 Å². The maximum atomic E-state index is 14.0. The Morgan fingerprint density at radius 1 is 0.750 bits per heavy atom.